The molecule has 1 aromatic heterocycles. The van der Waals surface area contributed by atoms with Gasteiger partial charge in [-0.1, -0.05) is 42.7 Å². The zero-order chi connectivity index (χ0) is 24.5. The number of fused-ring (bicyclic) bond motifs is 1. The molecule has 2 amide bonds. The van der Waals surface area contributed by atoms with Crippen molar-refractivity contribution in [3.8, 4) is 0 Å². The van der Waals surface area contributed by atoms with E-state index in [0.29, 0.717) is 33.7 Å². The maximum atomic E-state index is 13.3. The van der Waals surface area contributed by atoms with E-state index in [1.807, 2.05) is 30.9 Å². The summed E-state index contributed by atoms with van der Waals surface area (Å²) in [6, 6.07) is 6.30. The molecular formula is C27H34N4O3S. The molecule has 0 unspecified atom stereocenters. The van der Waals surface area contributed by atoms with Crippen LogP contribution in [0.3, 0.4) is 0 Å². The van der Waals surface area contributed by atoms with Crippen molar-refractivity contribution in [1.82, 2.24) is 14.8 Å². The maximum absolute atomic E-state index is 13.3. The molecule has 1 N–H and O–H groups in total. The van der Waals surface area contributed by atoms with Gasteiger partial charge in [-0.05, 0) is 43.9 Å². The Morgan fingerprint density at radius 2 is 1.77 bits per heavy atom. The van der Waals surface area contributed by atoms with Gasteiger partial charge in [-0.25, -0.2) is 4.98 Å². The van der Waals surface area contributed by atoms with E-state index in [1.165, 1.54) is 43.4 Å². The largest absolute Gasteiger partial charge is 0.340 e. The second-order valence-electron chi connectivity index (χ2n) is 10.2. The number of hydrogen-bond acceptors (Lipinski definition) is 6. The average Bonchev–Trinajstić information content (AvgIpc) is 3.29. The first-order valence-corrected chi connectivity index (χ1v) is 13.7. The monoisotopic (exact) mass is 494 g/mol. The highest BCUT2D eigenvalue weighted by Crippen LogP contribution is 2.34. The lowest BCUT2D eigenvalue weighted by molar-refractivity contribution is -0.137. The predicted octanol–water partition coefficient (Wildman–Crippen LogP) is 4.23. The van der Waals surface area contributed by atoms with Crippen LogP contribution in [0, 0.1) is 19.8 Å². The minimum atomic E-state index is -0.360. The number of nitrogens with zero attached hydrogens (tertiary/aromatic N) is 3. The number of piperazine rings is 1. The summed E-state index contributed by atoms with van der Waals surface area (Å²) in [7, 11) is 0. The fourth-order valence-corrected chi connectivity index (χ4v) is 6.67. The molecular weight excluding hydrogens is 460 g/mol. The third-order valence-corrected chi connectivity index (χ3v) is 9.01. The van der Waals surface area contributed by atoms with Crippen LogP contribution in [0.2, 0.25) is 0 Å². The Bertz CT molecular complexity index is 1130. The van der Waals surface area contributed by atoms with E-state index < -0.39 is 0 Å². The second kappa shape index (κ2) is 10.2. The Balaban J connectivity index is 1.21. The summed E-state index contributed by atoms with van der Waals surface area (Å²) in [5, 5.41) is 3.28. The van der Waals surface area contributed by atoms with E-state index in [1.54, 1.807) is 6.07 Å². The van der Waals surface area contributed by atoms with Crippen LogP contribution in [-0.2, 0) is 11.2 Å². The minimum absolute atomic E-state index is 0.0461. The molecule has 186 valence electrons. The molecule has 1 saturated heterocycles. The number of anilines is 1. The molecule has 1 saturated carbocycles. The first-order chi connectivity index (χ1) is 16.9. The Labute approximate surface area is 210 Å². The summed E-state index contributed by atoms with van der Waals surface area (Å²) in [5.41, 5.74) is 3.22. The van der Waals surface area contributed by atoms with Crippen molar-refractivity contribution < 1.29 is 14.4 Å². The van der Waals surface area contributed by atoms with E-state index in [0.717, 1.165) is 37.3 Å². The number of Topliss-reactive ketones (excluding diaryl/α,β-unsaturated/α-hetero) is 1. The number of aryl methyl sites for hydroxylation is 1. The average molecular weight is 495 g/mol. The molecule has 3 aliphatic rings. The molecule has 2 aromatic rings. The molecule has 5 rings (SSSR count). The number of amides is 2. The van der Waals surface area contributed by atoms with Crippen LogP contribution in [-0.4, -0.2) is 64.6 Å². The van der Waals surface area contributed by atoms with Gasteiger partial charge in [-0.2, -0.15) is 0 Å². The number of carbonyl (C=O) groups is 3. The van der Waals surface area contributed by atoms with Crippen molar-refractivity contribution in [3.05, 3.63) is 45.5 Å². The lowest BCUT2D eigenvalue weighted by Gasteiger charge is -2.41. The van der Waals surface area contributed by atoms with Gasteiger partial charge in [0.2, 0.25) is 5.91 Å². The van der Waals surface area contributed by atoms with Gasteiger partial charge in [0.15, 0.2) is 10.9 Å². The second-order valence-corrected chi connectivity index (χ2v) is 11.2. The highest BCUT2D eigenvalue weighted by molar-refractivity contribution is 7.17. The highest BCUT2D eigenvalue weighted by atomic mass is 32.1. The zero-order valence-electron chi connectivity index (χ0n) is 20.6. The molecule has 2 fully saturated rings. The number of nitrogens with one attached hydrogen (secondary N) is 1. The topological polar surface area (TPSA) is 82.6 Å². The van der Waals surface area contributed by atoms with Gasteiger partial charge in [0.25, 0.3) is 5.91 Å². The summed E-state index contributed by atoms with van der Waals surface area (Å²) >= 11 is 1.22. The molecule has 2 heterocycles. The van der Waals surface area contributed by atoms with Crippen molar-refractivity contribution >= 4 is 34.1 Å². The molecule has 7 nitrogen and oxygen atoms in total. The number of rotatable bonds is 4. The normalized spacial score (nSPS) is 21.6. The minimum Gasteiger partial charge on any atom is -0.340 e. The Morgan fingerprint density at radius 3 is 2.51 bits per heavy atom. The number of aromatic nitrogens is 1. The molecule has 0 spiro atoms. The van der Waals surface area contributed by atoms with Crippen molar-refractivity contribution in [3.63, 3.8) is 0 Å². The molecule has 1 atom stereocenters. The Kier molecular flexibility index (Phi) is 7.02. The summed E-state index contributed by atoms with van der Waals surface area (Å²) in [4.78, 5) is 48.6. The standard InChI is InChI=1S/C27H34N4O3S/c1-17-7-6-10-21(18(17)2)25(33)29-27-28-22-15-19(16-23(32)24(22)35-27)26(34)31-13-11-30(12-14-31)20-8-4-3-5-9-20/h6-7,10,19-20H,3-5,8-9,11-16H2,1-2H3,(H,28,29,33)/t19-/m1/s1. The van der Waals surface area contributed by atoms with Crippen LogP contribution >= 0.6 is 11.3 Å². The summed E-state index contributed by atoms with van der Waals surface area (Å²) in [5.74, 6) is -0.564. The maximum Gasteiger partial charge on any atom is 0.257 e. The van der Waals surface area contributed by atoms with E-state index in [2.05, 4.69) is 15.2 Å². The van der Waals surface area contributed by atoms with E-state index in [9.17, 15) is 14.4 Å². The molecule has 0 bridgehead atoms. The fourth-order valence-electron chi connectivity index (χ4n) is 5.73. The van der Waals surface area contributed by atoms with Crippen LogP contribution in [0.15, 0.2) is 18.2 Å². The molecule has 1 aliphatic heterocycles. The molecule has 1 aromatic carbocycles. The van der Waals surface area contributed by atoms with Crippen molar-refractivity contribution in [2.45, 2.75) is 64.8 Å². The van der Waals surface area contributed by atoms with Crippen molar-refractivity contribution in [1.29, 1.82) is 0 Å². The van der Waals surface area contributed by atoms with E-state index in [-0.39, 0.29) is 29.9 Å². The number of carbonyl (C=O) groups excluding carboxylic acids is 3. The van der Waals surface area contributed by atoms with Crippen molar-refractivity contribution in [2.75, 3.05) is 31.5 Å². The van der Waals surface area contributed by atoms with Crippen LogP contribution in [0.5, 0.6) is 0 Å². The van der Waals surface area contributed by atoms with Gasteiger partial charge in [-0.15, -0.1) is 0 Å². The van der Waals surface area contributed by atoms with Crippen LogP contribution in [0.25, 0.3) is 0 Å². The van der Waals surface area contributed by atoms with Crippen LogP contribution in [0.4, 0.5) is 5.13 Å². The highest BCUT2D eigenvalue weighted by Gasteiger charge is 2.36. The Hall–Kier alpha value is -2.58. The molecule has 2 aliphatic carbocycles. The van der Waals surface area contributed by atoms with Crippen molar-refractivity contribution in [2.24, 2.45) is 5.92 Å². The van der Waals surface area contributed by atoms with E-state index >= 15 is 0 Å². The molecule has 35 heavy (non-hydrogen) atoms. The zero-order valence-corrected chi connectivity index (χ0v) is 21.5. The molecule has 8 heteroatoms. The van der Waals surface area contributed by atoms with Crippen LogP contribution in [0.1, 0.15) is 75.4 Å². The smallest absolute Gasteiger partial charge is 0.257 e. The molecule has 0 radical (unpaired) electrons. The van der Waals surface area contributed by atoms with Gasteiger partial charge >= 0.3 is 0 Å². The van der Waals surface area contributed by atoms with Gasteiger partial charge in [0, 0.05) is 50.6 Å². The third kappa shape index (κ3) is 5.05. The first-order valence-electron chi connectivity index (χ1n) is 12.8. The lowest BCUT2D eigenvalue weighted by atomic mass is 9.88. The quantitative estimate of drug-likeness (QED) is 0.688. The first kappa shape index (κ1) is 24.1. The summed E-state index contributed by atoms with van der Waals surface area (Å²) < 4.78 is 0. The van der Waals surface area contributed by atoms with Gasteiger partial charge in [-0.3, -0.25) is 24.6 Å². The number of hydrogen-bond donors (Lipinski definition) is 1. The number of ketones is 1. The van der Waals surface area contributed by atoms with Crippen LogP contribution < -0.4 is 5.32 Å². The van der Waals surface area contributed by atoms with Gasteiger partial charge in [0.1, 0.15) is 0 Å². The Morgan fingerprint density at radius 1 is 1.03 bits per heavy atom. The predicted molar refractivity (Wildman–Crippen MR) is 137 cm³/mol. The SMILES string of the molecule is Cc1cccc(C(=O)Nc2nc3c(s2)C(=O)C[C@H](C(=O)N2CCN(C4CCCCC4)CC2)C3)c1C. The number of benzene rings is 1. The fraction of sp³-hybridized carbons (Fsp3) is 0.556. The van der Waals surface area contributed by atoms with E-state index in [4.69, 9.17) is 0 Å². The summed E-state index contributed by atoms with van der Waals surface area (Å²) in [6.07, 6.45) is 7.22. The van der Waals surface area contributed by atoms with Gasteiger partial charge < -0.3 is 4.90 Å². The number of thiazole rings is 1. The lowest BCUT2D eigenvalue weighted by Crippen LogP contribution is -2.54. The van der Waals surface area contributed by atoms with Gasteiger partial charge in [0.05, 0.1) is 16.5 Å². The summed E-state index contributed by atoms with van der Waals surface area (Å²) in [6.45, 7) is 7.22. The third-order valence-electron chi connectivity index (χ3n) is 7.96.